The van der Waals surface area contributed by atoms with Crippen molar-refractivity contribution in [3.63, 3.8) is 0 Å². The quantitative estimate of drug-likeness (QED) is 0.303. The third-order valence-corrected chi connectivity index (χ3v) is 5.70. The van der Waals surface area contributed by atoms with E-state index in [1.165, 1.54) is 0 Å². The molecule has 0 fully saturated rings. The number of rotatable bonds is 5. The minimum atomic E-state index is 0.191. The van der Waals surface area contributed by atoms with E-state index in [4.69, 9.17) is 4.74 Å². The van der Waals surface area contributed by atoms with Crippen LogP contribution in [0.1, 0.15) is 22.3 Å². The third kappa shape index (κ3) is 4.58. The number of phenols is 3. The highest BCUT2D eigenvalue weighted by Crippen LogP contribution is 2.40. The van der Waals surface area contributed by atoms with Gasteiger partial charge in [0, 0.05) is 35.3 Å². The van der Waals surface area contributed by atoms with E-state index >= 15 is 0 Å². The normalized spacial score (nSPS) is 10.8. The lowest BCUT2D eigenvalue weighted by atomic mass is 10.1. The van der Waals surface area contributed by atoms with Gasteiger partial charge in [0.2, 0.25) is 0 Å². The second-order valence-electron chi connectivity index (χ2n) is 8.28. The largest absolute Gasteiger partial charge is 0.508 e. The maximum Gasteiger partial charge on any atom is 0.130 e. The van der Waals surface area contributed by atoms with Crippen LogP contribution < -0.4 is 9.64 Å². The van der Waals surface area contributed by atoms with Crippen LogP contribution in [-0.2, 0) is 0 Å². The van der Waals surface area contributed by atoms with E-state index < -0.39 is 0 Å². The monoisotopic (exact) mass is 441 g/mol. The second kappa shape index (κ2) is 8.79. The Balaban J connectivity index is 1.80. The lowest BCUT2D eigenvalue weighted by molar-refractivity contribution is 0.458. The molecule has 0 aliphatic heterocycles. The average Bonchev–Trinajstić information content (AvgIpc) is 2.77. The van der Waals surface area contributed by atoms with Crippen molar-refractivity contribution < 1.29 is 20.1 Å². The zero-order valence-corrected chi connectivity index (χ0v) is 19.1. The molecule has 0 heterocycles. The summed E-state index contributed by atoms with van der Waals surface area (Å²) in [7, 11) is 0. The number of anilines is 3. The van der Waals surface area contributed by atoms with Crippen LogP contribution >= 0.6 is 0 Å². The van der Waals surface area contributed by atoms with Crippen LogP contribution in [0, 0.1) is 27.7 Å². The van der Waals surface area contributed by atoms with Gasteiger partial charge in [0.25, 0.3) is 0 Å². The summed E-state index contributed by atoms with van der Waals surface area (Å²) in [6.45, 7) is 7.40. The highest BCUT2D eigenvalue weighted by molar-refractivity contribution is 5.79. The van der Waals surface area contributed by atoms with E-state index in [1.807, 2.05) is 87.2 Å². The highest BCUT2D eigenvalue weighted by Gasteiger charge is 2.16. The summed E-state index contributed by atoms with van der Waals surface area (Å²) in [4.78, 5) is 1.94. The lowest BCUT2D eigenvalue weighted by Crippen LogP contribution is -2.10. The molecular formula is C28H27NO4. The Morgan fingerprint density at radius 2 is 1.09 bits per heavy atom. The first-order valence-electron chi connectivity index (χ1n) is 10.7. The first kappa shape index (κ1) is 22.1. The molecule has 4 aromatic rings. The number of ether oxygens (including phenoxy) is 1. The van der Waals surface area contributed by atoms with Crippen LogP contribution in [0.2, 0.25) is 0 Å². The molecule has 33 heavy (non-hydrogen) atoms. The van der Waals surface area contributed by atoms with Gasteiger partial charge in [-0.3, -0.25) is 0 Å². The van der Waals surface area contributed by atoms with Gasteiger partial charge in [0.1, 0.15) is 28.7 Å². The van der Waals surface area contributed by atoms with Crippen molar-refractivity contribution >= 4 is 17.1 Å². The van der Waals surface area contributed by atoms with Crippen LogP contribution in [0.4, 0.5) is 17.1 Å². The van der Waals surface area contributed by atoms with E-state index in [0.29, 0.717) is 11.5 Å². The van der Waals surface area contributed by atoms with Crippen LogP contribution in [-0.4, -0.2) is 15.3 Å². The van der Waals surface area contributed by atoms with Gasteiger partial charge in [-0.1, -0.05) is 18.2 Å². The number of benzene rings is 4. The maximum absolute atomic E-state index is 10.3. The molecule has 5 heteroatoms. The van der Waals surface area contributed by atoms with Crippen molar-refractivity contribution in [1.29, 1.82) is 0 Å². The summed E-state index contributed by atoms with van der Waals surface area (Å²) in [5.74, 6) is 1.90. The van der Waals surface area contributed by atoms with E-state index in [1.54, 1.807) is 18.2 Å². The Hall–Kier alpha value is -4.12. The SMILES string of the molecule is Cc1ccc(N(c2cccc(Oc3cc(C)c(O)cc3C)c2)c2ccc(C)c(O)c2)cc1O. The Morgan fingerprint density at radius 3 is 1.67 bits per heavy atom. The van der Waals surface area contributed by atoms with Crippen molar-refractivity contribution in [3.8, 4) is 28.7 Å². The number of hydrogen-bond donors (Lipinski definition) is 3. The summed E-state index contributed by atoms with van der Waals surface area (Å²) in [5, 5.41) is 30.6. The molecule has 0 aromatic heterocycles. The number of phenolic OH excluding ortho intramolecular Hbond substituents is 3. The summed E-state index contributed by atoms with van der Waals surface area (Å²) in [6.07, 6.45) is 0. The van der Waals surface area contributed by atoms with Crippen LogP contribution in [0.5, 0.6) is 28.7 Å². The molecule has 0 unspecified atom stereocenters. The number of hydrogen-bond acceptors (Lipinski definition) is 5. The van der Waals surface area contributed by atoms with Gasteiger partial charge in [-0.05, 0) is 86.3 Å². The average molecular weight is 442 g/mol. The zero-order chi connectivity index (χ0) is 23.7. The van der Waals surface area contributed by atoms with Gasteiger partial charge >= 0.3 is 0 Å². The molecule has 0 radical (unpaired) electrons. The topological polar surface area (TPSA) is 73.2 Å². The van der Waals surface area contributed by atoms with Gasteiger partial charge < -0.3 is 25.0 Å². The standard InChI is InChI=1S/C28H27NO4/c1-17-8-10-22(15-26(17)31)29(23-11-9-18(2)27(32)16-23)21-6-5-7-24(14-21)33-28-13-19(3)25(30)12-20(28)4/h5-16,30-32H,1-4H3. The molecule has 0 atom stereocenters. The fourth-order valence-electron chi connectivity index (χ4n) is 3.62. The van der Waals surface area contributed by atoms with Gasteiger partial charge in [-0.15, -0.1) is 0 Å². The van der Waals surface area contributed by atoms with Gasteiger partial charge in [-0.25, -0.2) is 0 Å². The molecule has 0 saturated carbocycles. The predicted octanol–water partition coefficient (Wildman–Crippen LogP) is 7.30. The van der Waals surface area contributed by atoms with Crippen LogP contribution in [0.15, 0.2) is 72.8 Å². The van der Waals surface area contributed by atoms with Crippen LogP contribution in [0.25, 0.3) is 0 Å². The van der Waals surface area contributed by atoms with Crippen molar-refractivity contribution in [3.05, 3.63) is 95.1 Å². The van der Waals surface area contributed by atoms with Gasteiger partial charge in [0.15, 0.2) is 0 Å². The second-order valence-corrected chi connectivity index (χ2v) is 8.28. The van der Waals surface area contributed by atoms with Crippen molar-refractivity contribution in [2.75, 3.05) is 4.90 Å². The predicted molar refractivity (Wildman–Crippen MR) is 132 cm³/mol. The molecule has 0 spiro atoms. The van der Waals surface area contributed by atoms with Crippen molar-refractivity contribution in [2.24, 2.45) is 0 Å². The fourth-order valence-corrected chi connectivity index (χ4v) is 3.62. The lowest BCUT2D eigenvalue weighted by Gasteiger charge is -2.26. The molecule has 168 valence electrons. The summed E-state index contributed by atoms with van der Waals surface area (Å²) in [5.41, 5.74) is 5.41. The molecular weight excluding hydrogens is 414 g/mol. The van der Waals surface area contributed by atoms with Gasteiger partial charge in [0.05, 0.1) is 0 Å². The summed E-state index contributed by atoms with van der Waals surface area (Å²) >= 11 is 0. The molecule has 0 saturated heterocycles. The molecule has 5 nitrogen and oxygen atoms in total. The van der Waals surface area contributed by atoms with Crippen molar-refractivity contribution in [1.82, 2.24) is 0 Å². The van der Waals surface area contributed by atoms with Crippen LogP contribution in [0.3, 0.4) is 0 Å². The highest BCUT2D eigenvalue weighted by atomic mass is 16.5. The Labute approximate surface area is 193 Å². The minimum Gasteiger partial charge on any atom is -0.508 e. The Kier molecular flexibility index (Phi) is 5.88. The van der Waals surface area contributed by atoms with Crippen molar-refractivity contribution in [2.45, 2.75) is 27.7 Å². The third-order valence-electron chi connectivity index (χ3n) is 5.70. The van der Waals surface area contributed by atoms with Gasteiger partial charge in [-0.2, -0.15) is 0 Å². The molecule has 0 amide bonds. The maximum atomic E-state index is 10.3. The first-order valence-corrected chi connectivity index (χ1v) is 10.7. The Bertz CT molecular complexity index is 1280. The molecule has 0 aliphatic carbocycles. The number of aromatic hydroxyl groups is 3. The number of nitrogens with zero attached hydrogens (tertiary/aromatic N) is 1. The minimum absolute atomic E-state index is 0.191. The molecule has 4 rings (SSSR count). The molecule has 4 aromatic carbocycles. The fraction of sp³-hybridized carbons (Fsp3) is 0.143. The van der Waals surface area contributed by atoms with E-state index in [2.05, 4.69) is 0 Å². The van der Waals surface area contributed by atoms with E-state index in [9.17, 15) is 15.3 Å². The number of aryl methyl sites for hydroxylation is 4. The Morgan fingerprint density at radius 1 is 0.545 bits per heavy atom. The smallest absolute Gasteiger partial charge is 0.130 e. The first-order chi connectivity index (χ1) is 15.7. The zero-order valence-electron chi connectivity index (χ0n) is 19.1. The summed E-state index contributed by atoms with van der Waals surface area (Å²) < 4.78 is 6.16. The van der Waals surface area contributed by atoms with E-state index in [-0.39, 0.29) is 17.2 Å². The molecule has 0 aliphatic rings. The van der Waals surface area contributed by atoms with E-state index in [0.717, 1.165) is 39.3 Å². The molecule has 0 bridgehead atoms. The summed E-state index contributed by atoms with van der Waals surface area (Å²) in [6, 6.07) is 22.1. The molecule has 3 N–H and O–H groups in total.